The van der Waals surface area contributed by atoms with E-state index in [1.807, 2.05) is 17.9 Å². The minimum Gasteiger partial charge on any atom is -0.379 e. The van der Waals surface area contributed by atoms with E-state index in [9.17, 15) is 0 Å². The molecule has 0 aromatic carbocycles. The molecule has 6 heteroatoms. The summed E-state index contributed by atoms with van der Waals surface area (Å²) in [4.78, 5) is 2.39. The number of rotatable bonds is 5. The van der Waals surface area contributed by atoms with E-state index in [0.29, 0.717) is 0 Å². The Bertz CT molecular complexity index is 308. The maximum atomic E-state index is 5.30. The summed E-state index contributed by atoms with van der Waals surface area (Å²) in [7, 11) is 1.91. The van der Waals surface area contributed by atoms with Gasteiger partial charge in [-0.15, -0.1) is 5.10 Å². The van der Waals surface area contributed by atoms with Crippen molar-refractivity contribution in [3.8, 4) is 0 Å². The molecule has 0 spiro atoms. The molecule has 0 saturated carbocycles. The molecular weight excluding hydrogens is 206 g/mol. The van der Waals surface area contributed by atoms with Gasteiger partial charge in [-0.1, -0.05) is 5.21 Å². The Balaban J connectivity index is 1.75. The van der Waals surface area contributed by atoms with Crippen molar-refractivity contribution in [3.05, 3.63) is 11.9 Å². The molecule has 1 aliphatic rings. The molecule has 2 rings (SSSR count). The molecule has 0 atom stereocenters. The zero-order valence-electron chi connectivity index (χ0n) is 9.72. The topological polar surface area (TPSA) is 55.2 Å². The van der Waals surface area contributed by atoms with Gasteiger partial charge in [0.05, 0.1) is 25.5 Å². The van der Waals surface area contributed by atoms with Gasteiger partial charge in [0.25, 0.3) is 0 Å². The Morgan fingerprint density at radius 2 is 2.19 bits per heavy atom. The number of hydrogen-bond donors (Lipinski definition) is 1. The predicted octanol–water partition coefficient (Wildman–Crippen LogP) is -0.670. The van der Waals surface area contributed by atoms with Gasteiger partial charge in [-0.05, 0) is 7.05 Å². The number of nitrogens with one attached hydrogen (secondary N) is 1. The molecule has 1 aliphatic heterocycles. The lowest BCUT2D eigenvalue weighted by molar-refractivity contribution is 0.0359. The van der Waals surface area contributed by atoms with Crippen LogP contribution in [0.4, 0.5) is 0 Å². The van der Waals surface area contributed by atoms with Crippen molar-refractivity contribution in [1.82, 2.24) is 25.2 Å². The maximum absolute atomic E-state index is 5.30. The van der Waals surface area contributed by atoms with Crippen molar-refractivity contribution in [3.63, 3.8) is 0 Å². The largest absolute Gasteiger partial charge is 0.379 e. The summed E-state index contributed by atoms with van der Waals surface area (Å²) in [6.07, 6.45) is 2.00. The van der Waals surface area contributed by atoms with Gasteiger partial charge in [-0.3, -0.25) is 9.58 Å². The Morgan fingerprint density at radius 1 is 1.38 bits per heavy atom. The normalized spacial score (nSPS) is 17.8. The first kappa shape index (κ1) is 11.5. The number of morpholine rings is 1. The molecule has 6 nitrogen and oxygen atoms in total. The fraction of sp³-hybridized carbons (Fsp3) is 0.800. The number of ether oxygens (including phenoxy) is 1. The monoisotopic (exact) mass is 225 g/mol. The maximum Gasteiger partial charge on any atom is 0.0964 e. The highest BCUT2D eigenvalue weighted by molar-refractivity contribution is 4.91. The van der Waals surface area contributed by atoms with Crippen LogP contribution in [-0.2, 0) is 17.8 Å². The summed E-state index contributed by atoms with van der Waals surface area (Å²) in [6.45, 7) is 6.45. The highest BCUT2D eigenvalue weighted by Crippen LogP contribution is 1.98. The average Bonchev–Trinajstić information content (AvgIpc) is 2.76. The van der Waals surface area contributed by atoms with E-state index in [0.717, 1.165) is 51.6 Å². The first-order chi connectivity index (χ1) is 7.88. The lowest BCUT2D eigenvalue weighted by Crippen LogP contribution is -2.38. The smallest absolute Gasteiger partial charge is 0.0964 e. The highest BCUT2D eigenvalue weighted by Gasteiger charge is 2.10. The summed E-state index contributed by atoms with van der Waals surface area (Å²) in [6, 6.07) is 0. The second kappa shape index (κ2) is 5.93. The second-order valence-electron chi connectivity index (χ2n) is 3.96. The Labute approximate surface area is 95.6 Å². The number of aromatic nitrogens is 3. The second-order valence-corrected chi connectivity index (χ2v) is 3.96. The Morgan fingerprint density at radius 3 is 2.94 bits per heavy atom. The van der Waals surface area contributed by atoms with Crippen LogP contribution in [0.3, 0.4) is 0 Å². The lowest BCUT2D eigenvalue weighted by atomic mass is 10.4. The molecule has 1 N–H and O–H groups in total. The quantitative estimate of drug-likeness (QED) is 0.720. The molecule has 0 aliphatic carbocycles. The van der Waals surface area contributed by atoms with E-state index in [1.165, 1.54) is 0 Å². The van der Waals surface area contributed by atoms with Gasteiger partial charge in [0.2, 0.25) is 0 Å². The standard InChI is InChI=1S/C10H19N5O/c1-11-8-10-9-15(13-12-10)3-2-14-4-6-16-7-5-14/h9,11H,2-8H2,1H3. The van der Waals surface area contributed by atoms with Gasteiger partial charge >= 0.3 is 0 Å². The molecule has 1 fully saturated rings. The van der Waals surface area contributed by atoms with Crippen molar-refractivity contribution < 1.29 is 4.74 Å². The summed E-state index contributed by atoms with van der Waals surface area (Å²) in [5, 5.41) is 11.2. The summed E-state index contributed by atoms with van der Waals surface area (Å²) in [5.41, 5.74) is 0.990. The van der Waals surface area contributed by atoms with Gasteiger partial charge in [0.1, 0.15) is 0 Å². The molecular formula is C10H19N5O. The van der Waals surface area contributed by atoms with E-state index < -0.39 is 0 Å². The molecule has 0 radical (unpaired) electrons. The van der Waals surface area contributed by atoms with Crippen LogP contribution in [0.5, 0.6) is 0 Å². The van der Waals surface area contributed by atoms with Crippen molar-refractivity contribution in [2.24, 2.45) is 0 Å². The van der Waals surface area contributed by atoms with Gasteiger partial charge < -0.3 is 10.1 Å². The Hall–Kier alpha value is -0.980. The first-order valence-corrected chi connectivity index (χ1v) is 5.72. The van der Waals surface area contributed by atoms with E-state index in [2.05, 4.69) is 20.5 Å². The third-order valence-corrected chi connectivity index (χ3v) is 2.69. The van der Waals surface area contributed by atoms with Crippen molar-refractivity contribution in [1.29, 1.82) is 0 Å². The summed E-state index contributed by atoms with van der Waals surface area (Å²) >= 11 is 0. The molecule has 1 aromatic heterocycles. The van der Waals surface area contributed by atoms with Gasteiger partial charge in [0.15, 0.2) is 0 Å². The SMILES string of the molecule is CNCc1cn(CCN2CCOCC2)nn1. The third-order valence-electron chi connectivity index (χ3n) is 2.69. The molecule has 90 valence electrons. The van der Waals surface area contributed by atoms with Crippen LogP contribution in [0, 0.1) is 0 Å². The molecule has 16 heavy (non-hydrogen) atoms. The van der Waals surface area contributed by atoms with E-state index in [4.69, 9.17) is 4.74 Å². The fourth-order valence-corrected chi connectivity index (χ4v) is 1.78. The predicted molar refractivity (Wildman–Crippen MR) is 60.0 cm³/mol. The zero-order chi connectivity index (χ0) is 11.2. The van der Waals surface area contributed by atoms with Crippen LogP contribution in [0.1, 0.15) is 5.69 Å². The van der Waals surface area contributed by atoms with Gasteiger partial charge in [0, 0.05) is 32.4 Å². The van der Waals surface area contributed by atoms with Gasteiger partial charge in [-0.2, -0.15) is 0 Å². The molecule has 1 saturated heterocycles. The van der Waals surface area contributed by atoms with E-state index >= 15 is 0 Å². The van der Waals surface area contributed by atoms with Crippen molar-refractivity contribution in [2.75, 3.05) is 39.9 Å². The van der Waals surface area contributed by atoms with Crippen molar-refractivity contribution in [2.45, 2.75) is 13.1 Å². The number of nitrogens with zero attached hydrogens (tertiary/aromatic N) is 4. The Kier molecular flexibility index (Phi) is 4.26. The minimum atomic E-state index is 0.775. The van der Waals surface area contributed by atoms with Crippen LogP contribution in [0.2, 0.25) is 0 Å². The fourth-order valence-electron chi connectivity index (χ4n) is 1.78. The number of hydrogen-bond acceptors (Lipinski definition) is 5. The van der Waals surface area contributed by atoms with E-state index in [-0.39, 0.29) is 0 Å². The van der Waals surface area contributed by atoms with Crippen LogP contribution in [0.25, 0.3) is 0 Å². The molecule has 0 bridgehead atoms. The lowest BCUT2D eigenvalue weighted by Gasteiger charge is -2.26. The van der Waals surface area contributed by atoms with Gasteiger partial charge in [-0.25, -0.2) is 0 Å². The zero-order valence-corrected chi connectivity index (χ0v) is 9.72. The van der Waals surface area contributed by atoms with E-state index in [1.54, 1.807) is 0 Å². The highest BCUT2D eigenvalue weighted by atomic mass is 16.5. The molecule has 0 amide bonds. The van der Waals surface area contributed by atoms with Crippen LogP contribution in [0.15, 0.2) is 6.20 Å². The van der Waals surface area contributed by atoms with Crippen LogP contribution in [-0.4, -0.2) is 59.8 Å². The summed E-state index contributed by atoms with van der Waals surface area (Å²) < 4.78 is 7.21. The minimum absolute atomic E-state index is 0.775. The molecule has 2 heterocycles. The third kappa shape index (κ3) is 3.26. The first-order valence-electron chi connectivity index (χ1n) is 5.72. The molecule has 0 unspecified atom stereocenters. The van der Waals surface area contributed by atoms with Crippen LogP contribution >= 0.6 is 0 Å². The molecule has 1 aromatic rings. The average molecular weight is 225 g/mol. The van der Waals surface area contributed by atoms with Crippen LogP contribution < -0.4 is 5.32 Å². The van der Waals surface area contributed by atoms with Crippen molar-refractivity contribution >= 4 is 0 Å². The summed E-state index contributed by atoms with van der Waals surface area (Å²) in [5.74, 6) is 0.